The van der Waals surface area contributed by atoms with Gasteiger partial charge in [0.15, 0.2) is 15.0 Å². The van der Waals surface area contributed by atoms with E-state index in [-0.39, 0.29) is 23.3 Å². The van der Waals surface area contributed by atoms with Crippen LogP contribution in [0.15, 0.2) is 23.1 Å². The number of piperazine rings is 1. The second-order valence-electron chi connectivity index (χ2n) is 8.14. The van der Waals surface area contributed by atoms with Crippen molar-refractivity contribution in [2.45, 2.75) is 17.7 Å². The summed E-state index contributed by atoms with van der Waals surface area (Å²) in [4.78, 5) is 21.7. The van der Waals surface area contributed by atoms with E-state index in [2.05, 4.69) is 9.88 Å². The highest BCUT2D eigenvalue weighted by Crippen LogP contribution is 2.33. The van der Waals surface area contributed by atoms with Crippen LogP contribution in [0, 0.1) is 5.92 Å². The molecular weight excluding hydrogens is 460 g/mol. The third kappa shape index (κ3) is 4.71. The number of hydrogen-bond acceptors (Lipinski definition) is 8. The van der Waals surface area contributed by atoms with E-state index in [9.17, 15) is 21.6 Å². The molecule has 1 aromatic heterocycles. The highest BCUT2D eigenvalue weighted by molar-refractivity contribution is 7.91. The van der Waals surface area contributed by atoms with Crippen molar-refractivity contribution in [2.75, 3.05) is 56.7 Å². The van der Waals surface area contributed by atoms with Crippen molar-refractivity contribution in [1.82, 2.24) is 14.2 Å². The van der Waals surface area contributed by atoms with E-state index in [1.807, 2.05) is 11.0 Å². The van der Waals surface area contributed by atoms with E-state index in [1.165, 1.54) is 28.2 Å². The highest BCUT2D eigenvalue weighted by Gasteiger charge is 2.34. The van der Waals surface area contributed by atoms with Crippen molar-refractivity contribution in [3.8, 4) is 0 Å². The van der Waals surface area contributed by atoms with Gasteiger partial charge in [0.2, 0.25) is 15.9 Å². The zero-order valence-electron chi connectivity index (χ0n) is 17.5. The lowest BCUT2D eigenvalue weighted by atomic mass is 9.98. The van der Waals surface area contributed by atoms with Gasteiger partial charge in [-0.3, -0.25) is 4.79 Å². The van der Waals surface area contributed by atoms with E-state index in [0.29, 0.717) is 51.1 Å². The third-order valence-electron chi connectivity index (χ3n) is 5.83. The van der Waals surface area contributed by atoms with E-state index < -0.39 is 19.9 Å². The molecule has 1 amide bonds. The Morgan fingerprint density at radius 1 is 1.06 bits per heavy atom. The molecule has 170 valence electrons. The second-order valence-corrected chi connectivity index (χ2v) is 13.1. The average Bonchev–Trinajstić information content (AvgIpc) is 3.16. The first-order valence-electron chi connectivity index (χ1n) is 10.1. The van der Waals surface area contributed by atoms with Crippen LogP contribution in [-0.2, 0) is 24.7 Å². The largest absolute Gasteiger partial charge is 0.345 e. The van der Waals surface area contributed by atoms with Gasteiger partial charge in [-0.1, -0.05) is 17.4 Å². The van der Waals surface area contributed by atoms with Crippen LogP contribution in [0.3, 0.4) is 0 Å². The summed E-state index contributed by atoms with van der Waals surface area (Å²) in [6.07, 6.45) is 3.77. The molecule has 0 spiro atoms. The minimum absolute atomic E-state index is 0.0108. The number of carbonyl (C=O) groups excluding carboxylic acids is 1. The van der Waals surface area contributed by atoms with Crippen LogP contribution in [-0.4, -0.2) is 88.7 Å². The number of fused-ring (bicyclic) bond motifs is 1. The summed E-state index contributed by atoms with van der Waals surface area (Å²) in [7, 11) is -6.66. The molecule has 2 aliphatic rings. The van der Waals surface area contributed by atoms with E-state index in [0.717, 1.165) is 9.83 Å². The van der Waals surface area contributed by atoms with Gasteiger partial charge in [0.05, 0.1) is 21.8 Å². The molecular formula is C19H26N4O5S3. The Kier molecular flexibility index (Phi) is 6.01. The minimum Gasteiger partial charge on any atom is -0.345 e. The molecule has 2 fully saturated rings. The molecule has 2 saturated heterocycles. The van der Waals surface area contributed by atoms with E-state index in [4.69, 9.17) is 0 Å². The number of piperidine rings is 1. The van der Waals surface area contributed by atoms with Gasteiger partial charge in [-0.05, 0) is 25.0 Å². The summed E-state index contributed by atoms with van der Waals surface area (Å²) in [5.74, 6) is -0.286. The highest BCUT2D eigenvalue weighted by atomic mass is 32.2. The lowest BCUT2D eigenvalue weighted by molar-refractivity contribution is -0.137. The predicted octanol–water partition coefficient (Wildman–Crippen LogP) is 1.02. The van der Waals surface area contributed by atoms with Crippen LogP contribution >= 0.6 is 11.3 Å². The zero-order valence-corrected chi connectivity index (χ0v) is 20.0. The molecule has 0 N–H and O–H groups in total. The number of carbonyl (C=O) groups is 1. The summed E-state index contributed by atoms with van der Waals surface area (Å²) in [6.45, 7) is 2.99. The lowest BCUT2D eigenvalue weighted by Gasteiger charge is -2.38. The molecule has 0 bridgehead atoms. The maximum absolute atomic E-state index is 13.0. The maximum Gasteiger partial charge on any atom is 0.227 e. The number of hydrogen-bond donors (Lipinski definition) is 0. The van der Waals surface area contributed by atoms with E-state index in [1.54, 1.807) is 12.1 Å². The number of benzene rings is 1. The average molecular weight is 487 g/mol. The number of sulfone groups is 1. The standard InChI is InChI=1S/C19H26N4O5S3/c1-30(25,26)16-7-3-6-15-17(16)20-19(29-15)22-11-9-21(10-12-22)18(24)14-5-4-8-23(13-14)31(2,27)28/h3,6-7,14H,4-5,8-13H2,1-2H3. The number of sulfonamides is 1. The molecule has 2 aromatic rings. The number of amides is 1. The molecule has 12 heteroatoms. The van der Waals surface area contributed by atoms with Gasteiger partial charge in [0, 0.05) is 45.5 Å². The van der Waals surface area contributed by atoms with Crippen LogP contribution in [0.2, 0.25) is 0 Å². The van der Waals surface area contributed by atoms with Crippen LogP contribution in [0.25, 0.3) is 10.2 Å². The van der Waals surface area contributed by atoms with Crippen molar-refractivity contribution < 1.29 is 21.6 Å². The number of anilines is 1. The van der Waals surface area contributed by atoms with Gasteiger partial charge in [-0.15, -0.1) is 0 Å². The molecule has 1 atom stereocenters. The number of rotatable bonds is 4. The Labute approximate surface area is 186 Å². The third-order valence-corrected chi connectivity index (χ3v) is 9.31. The monoisotopic (exact) mass is 486 g/mol. The number of aromatic nitrogens is 1. The molecule has 0 aliphatic carbocycles. The van der Waals surface area contributed by atoms with Crippen molar-refractivity contribution in [3.63, 3.8) is 0 Å². The first-order valence-corrected chi connectivity index (χ1v) is 14.7. The quantitative estimate of drug-likeness (QED) is 0.635. The van der Waals surface area contributed by atoms with Gasteiger partial charge in [0.1, 0.15) is 5.52 Å². The minimum atomic E-state index is -3.37. The van der Waals surface area contributed by atoms with Crippen molar-refractivity contribution in [3.05, 3.63) is 18.2 Å². The summed E-state index contributed by atoms with van der Waals surface area (Å²) in [5.41, 5.74) is 0.492. The Hall–Kier alpha value is -1.76. The number of nitrogens with zero attached hydrogens (tertiary/aromatic N) is 4. The molecule has 0 radical (unpaired) electrons. The Bertz CT molecular complexity index is 1200. The fourth-order valence-corrected chi connectivity index (χ4v) is 7.02. The molecule has 31 heavy (non-hydrogen) atoms. The molecule has 2 aliphatic heterocycles. The predicted molar refractivity (Wildman–Crippen MR) is 121 cm³/mol. The number of para-hydroxylation sites is 1. The summed E-state index contributed by atoms with van der Waals surface area (Å²) >= 11 is 1.45. The second kappa shape index (κ2) is 8.30. The van der Waals surface area contributed by atoms with Gasteiger partial charge in [-0.25, -0.2) is 26.1 Å². The van der Waals surface area contributed by atoms with Crippen LogP contribution in [0.1, 0.15) is 12.8 Å². The first-order chi connectivity index (χ1) is 14.5. The van der Waals surface area contributed by atoms with Gasteiger partial charge in [0.25, 0.3) is 0 Å². The Morgan fingerprint density at radius 2 is 1.77 bits per heavy atom. The normalized spacial score (nSPS) is 21.5. The van der Waals surface area contributed by atoms with Gasteiger partial charge in [-0.2, -0.15) is 0 Å². The molecule has 9 nitrogen and oxygen atoms in total. The van der Waals surface area contributed by atoms with Gasteiger partial charge < -0.3 is 9.80 Å². The SMILES string of the molecule is CS(=O)(=O)c1cccc2sc(N3CCN(C(=O)C4CCCN(S(C)(=O)=O)C4)CC3)nc12. The molecule has 3 heterocycles. The summed E-state index contributed by atoms with van der Waals surface area (Å²) in [6, 6.07) is 5.16. The van der Waals surface area contributed by atoms with E-state index >= 15 is 0 Å². The summed E-state index contributed by atoms with van der Waals surface area (Å²) < 4.78 is 50.0. The fourth-order valence-electron chi connectivity index (χ4n) is 4.17. The Morgan fingerprint density at radius 3 is 2.42 bits per heavy atom. The smallest absolute Gasteiger partial charge is 0.227 e. The van der Waals surface area contributed by atoms with Crippen LogP contribution < -0.4 is 4.90 Å². The van der Waals surface area contributed by atoms with Crippen molar-refractivity contribution in [1.29, 1.82) is 0 Å². The molecule has 4 rings (SSSR count). The Balaban J connectivity index is 1.44. The van der Waals surface area contributed by atoms with Crippen LogP contribution in [0.4, 0.5) is 5.13 Å². The van der Waals surface area contributed by atoms with Crippen LogP contribution in [0.5, 0.6) is 0 Å². The summed E-state index contributed by atoms with van der Waals surface area (Å²) in [5, 5.41) is 0.749. The number of thiazole rings is 1. The maximum atomic E-state index is 13.0. The molecule has 0 saturated carbocycles. The van der Waals surface area contributed by atoms with Crippen molar-refractivity contribution in [2.24, 2.45) is 5.92 Å². The topological polar surface area (TPSA) is 108 Å². The zero-order chi connectivity index (χ0) is 22.4. The van der Waals surface area contributed by atoms with Crippen molar-refractivity contribution >= 4 is 52.5 Å². The van der Waals surface area contributed by atoms with Gasteiger partial charge >= 0.3 is 0 Å². The lowest BCUT2D eigenvalue weighted by Crippen LogP contribution is -2.53. The first kappa shape index (κ1) is 22.4. The molecule has 1 unspecified atom stereocenters. The molecule has 1 aromatic carbocycles. The fraction of sp³-hybridized carbons (Fsp3) is 0.579.